The second-order valence-corrected chi connectivity index (χ2v) is 4.59. The van der Waals surface area contributed by atoms with Gasteiger partial charge in [-0.3, -0.25) is 4.79 Å². The molecule has 0 radical (unpaired) electrons. The Balaban J connectivity index is 2.37. The molecule has 4 N–H and O–H groups in total. The Morgan fingerprint density at radius 3 is 2.61 bits per heavy atom. The number of primary amides is 1. The van der Waals surface area contributed by atoms with Crippen molar-refractivity contribution in [2.75, 3.05) is 5.73 Å². The van der Waals surface area contributed by atoms with Crippen LogP contribution in [0.15, 0.2) is 46.9 Å². The van der Waals surface area contributed by atoms with E-state index in [1.807, 2.05) is 0 Å². The van der Waals surface area contributed by atoms with Crippen molar-refractivity contribution in [1.82, 2.24) is 0 Å². The SMILES string of the molecule is NC(=O)c1cc(Br)ccc1Oc1cccc(N)c1. The molecule has 2 rings (SSSR count). The molecular formula is C13H11BrN2O2. The third-order valence-corrected chi connectivity index (χ3v) is 2.79. The summed E-state index contributed by atoms with van der Waals surface area (Å²) in [5.41, 5.74) is 11.9. The van der Waals surface area contributed by atoms with E-state index in [-0.39, 0.29) is 0 Å². The number of carbonyl (C=O) groups excluding carboxylic acids is 1. The minimum atomic E-state index is -0.546. The molecular weight excluding hydrogens is 296 g/mol. The molecule has 0 atom stereocenters. The molecule has 0 saturated carbocycles. The molecule has 92 valence electrons. The minimum absolute atomic E-state index is 0.312. The highest BCUT2D eigenvalue weighted by Gasteiger charge is 2.11. The summed E-state index contributed by atoms with van der Waals surface area (Å²) < 4.78 is 6.37. The molecule has 0 fully saturated rings. The Kier molecular flexibility index (Phi) is 3.53. The van der Waals surface area contributed by atoms with Crippen molar-refractivity contribution in [2.45, 2.75) is 0 Å². The van der Waals surface area contributed by atoms with Crippen molar-refractivity contribution in [3.05, 3.63) is 52.5 Å². The zero-order chi connectivity index (χ0) is 13.1. The topological polar surface area (TPSA) is 78.3 Å². The molecule has 2 aromatic rings. The van der Waals surface area contributed by atoms with Crippen molar-refractivity contribution in [1.29, 1.82) is 0 Å². The van der Waals surface area contributed by atoms with Gasteiger partial charge in [-0.1, -0.05) is 22.0 Å². The normalized spacial score (nSPS) is 10.1. The zero-order valence-corrected chi connectivity index (χ0v) is 11.0. The Bertz CT molecular complexity index is 599. The number of nitrogen functional groups attached to an aromatic ring is 1. The summed E-state index contributed by atoms with van der Waals surface area (Å²) in [6, 6.07) is 12.0. The summed E-state index contributed by atoms with van der Waals surface area (Å²) in [7, 11) is 0. The molecule has 5 heteroatoms. The second-order valence-electron chi connectivity index (χ2n) is 3.68. The molecule has 0 aliphatic rings. The van der Waals surface area contributed by atoms with E-state index in [4.69, 9.17) is 16.2 Å². The first-order chi connectivity index (χ1) is 8.56. The summed E-state index contributed by atoms with van der Waals surface area (Å²) in [6.07, 6.45) is 0. The van der Waals surface area contributed by atoms with Crippen LogP contribution in [0.3, 0.4) is 0 Å². The smallest absolute Gasteiger partial charge is 0.252 e. The third-order valence-electron chi connectivity index (χ3n) is 2.29. The maximum atomic E-state index is 11.3. The molecule has 0 spiro atoms. The average Bonchev–Trinajstić information content (AvgIpc) is 2.31. The van der Waals surface area contributed by atoms with Crippen LogP contribution in [0.25, 0.3) is 0 Å². The Labute approximate surface area is 113 Å². The number of ether oxygens (including phenoxy) is 1. The van der Waals surface area contributed by atoms with Gasteiger partial charge in [-0.05, 0) is 30.3 Å². The zero-order valence-electron chi connectivity index (χ0n) is 9.39. The molecule has 0 heterocycles. The standard InChI is InChI=1S/C13H11BrN2O2/c14-8-4-5-12(11(6-8)13(16)17)18-10-3-1-2-9(15)7-10/h1-7H,15H2,(H2,16,17). The first kappa shape index (κ1) is 12.4. The highest BCUT2D eigenvalue weighted by atomic mass is 79.9. The van der Waals surface area contributed by atoms with Gasteiger partial charge in [0.2, 0.25) is 0 Å². The van der Waals surface area contributed by atoms with Gasteiger partial charge in [-0.2, -0.15) is 0 Å². The summed E-state index contributed by atoms with van der Waals surface area (Å²) >= 11 is 3.28. The first-order valence-electron chi connectivity index (χ1n) is 5.19. The molecule has 0 bridgehead atoms. The van der Waals surface area contributed by atoms with Crippen LogP contribution in [-0.2, 0) is 0 Å². The van der Waals surface area contributed by atoms with Crippen LogP contribution < -0.4 is 16.2 Å². The van der Waals surface area contributed by atoms with Gasteiger partial charge in [-0.25, -0.2) is 0 Å². The number of carbonyl (C=O) groups is 1. The first-order valence-corrected chi connectivity index (χ1v) is 5.98. The number of hydrogen-bond acceptors (Lipinski definition) is 3. The quantitative estimate of drug-likeness (QED) is 0.856. The molecule has 0 aliphatic heterocycles. The van der Waals surface area contributed by atoms with E-state index in [1.165, 1.54) is 0 Å². The largest absolute Gasteiger partial charge is 0.456 e. The number of halogens is 1. The van der Waals surface area contributed by atoms with Gasteiger partial charge in [0.1, 0.15) is 11.5 Å². The number of hydrogen-bond donors (Lipinski definition) is 2. The maximum absolute atomic E-state index is 11.3. The van der Waals surface area contributed by atoms with Crippen LogP contribution in [0, 0.1) is 0 Å². The lowest BCUT2D eigenvalue weighted by molar-refractivity contribution is 0.0998. The highest BCUT2D eigenvalue weighted by molar-refractivity contribution is 9.10. The van der Waals surface area contributed by atoms with E-state index in [9.17, 15) is 4.79 Å². The molecule has 18 heavy (non-hydrogen) atoms. The van der Waals surface area contributed by atoms with Gasteiger partial charge in [0.05, 0.1) is 5.56 Å². The molecule has 0 unspecified atom stereocenters. The lowest BCUT2D eigenvalue weighted by atomic mass is 10.2. The van der Waals surface area contributed by atoms with E-state index in [0.717, 1.165) is 4.47 Å². The maximum Gasteiger partial charge on any atom is 0.252 e. The van der Waals surface area contributed by atoms with E-state index in [0.29, 0.717) is 22.7 Å². The van der Waals surface area contributed by atoms with Gasteiger partial charge < -0.3 is 16.2 Å². The summed E-state index contributed by atoms with van der Waals surface area (Å²) in [5, 5.41) is 0. The molecule has 2 aromatic carbocycles. The summed E-state index contributed by atoms with van der Waals surface area (Å²) in [6.45, 7) is 0. The average molecular weight is 307 g/mol. The molecule has 0 aromatic heterocycles. The van der Waals surface area contributed by atoms with Crippen LogP contribution in [0.4, 0.5) is 5.69 Å². The predicted molar refractivity (Wildman–Crippen MR) is 73.6 cm³/mol. The number of amides is 1. The van der Waals surface area contributed by atoms with Crippen LogP contribution in [0.1, 0.15) is 10.4 Å². The fourth-order valence-corrected chi connectivity index (χ4v) is 1.85. The van der Waals surface area contributed by atoms with Gasteiger partial charge in [0, 0.05) is 16.2 Å². The lowest BCUT2D eigenvalue weighted by Crippen LogP contribution is -2.12. The number of benzene rings is 2. The number of anilines is 1. The summed E-state index contributed by atoms with van der Waals surface area (Å²) in [4.78, 5) is 11.3. The molecule has 1 amide bonds. The van der Waals surface area contributed by atoms with E-state index in [1.54, 1.807) is 42.5 Å². The van der Waals surface area contributed by atoms with Crippen LogP contribution in [0.2, 0.25) is 0 Å². The molecule has 0 saturated heterocycles. The van der Waals surface area contributed by atoms with Crippen molar-refractivity contribution in [2.24, 2.45) is 5.73 Å². The van der Waals surface area contributed by atoms with Crippen molar-refractivity contribution < 1.29 is 9.53 Å². The van der Waals surface area contributed by atoms with E-state index >= 15 is 0 Å². The monoisotopic (exact) mass is 306 g/mol. The van der Waals surface area contributed by atoms with Gasteiger partial charge in [-0.15, -0.1) is 0 Å². The number of rotatable bonds is 3. The van der Waals surface area contributed by atoms with E-state index in [2.05, 4.69) is 15.9 Å². The predicted octanol–water partition coefficient (Wildman–Crippen LogP) is 2.92. The second kappa shape index (κ2) is 5.10. The van der Waals surface area contributed by atoms with Gasteiger partial charge in [0.25, 0.3) is 5.91 Å². The summed E-state index contributed by atoms with van der Waals surface area (Å²) in [5.74, 6) is 0.409. The van der Waals surface area contributed by atoms with Crippen LogP contribution >= 0.6 is 15.9 Å². The highest BCUT2D eigenvalue weighted by Crippen LogP contribution is 2.28. The fourth-order valence-electron chi connectivity index (χ4n) is 1.49. The Morgan fingerprint density at radius 2 is 1.94 bits per heavy atom. The minimum Gasteiger partial charge on any atom is -0.456 e. The van der Waals surface area contributed by atoms with Gasteiger partial charge in [0.15, 0.2) is 0 Å². The molecule has 4 nitrogen and oxygen atoms in total. The Morgan fingerprint density at radius 1 is 1.17 bits per heavy atom. The van der Waals surface area contributed by atoms with Crippen molar-refractivity contribution in [3.8, 4) is 11.5 Å². The van der Waals surface area contributed by atoms with Crippen LogP contribution in [-0.4, -0.2) is 5.91 Å². The number of nitrogens with two attached hydrogens (primary N) is 2. The third kappa shape index (κ3) is 2.81. The van der Waals surface area contributed by atoms with E-state index < -0.39 is 5.91 Å². The van der Waals surface area contributed by atoms with Crippen LogP contribution in [0.5, 0.6) is 11.5 Å². The van der Waals surface area contributed by atoms with Crippen molar-refractivity contribution in [3.63, 3.8) is 0 Å². The fraction of sp³-hybridized carbons (Fsp3) is 0. The molecule has 0 aliphatic carbocycles. The Hall–Kier alpha value is -2.01. The lowest BCUT2D eigenvalue weighted by Gasteiger charge is -2.10. The van der Waals surface area contributed by atoms with Gasteiger partial charge >= 0.3 is 0 Å². The van der Waals surface area contributed by atoms with Crippen molar-refractivity contribution >= 4 is 27.5 Å².